The van der Waals surface area contributed by atoms with Crippen LogP contribution in [-0.2, 0) is 13.7 Å². The lowest BCUT2D eigenvalue weighted by molar-refractivity contribution is 0.281. The molecule has 0 fully saturated rings. The van der Waals surface area contributed by atoms with Gasteiger partial charge in [-0.05, 0) is 30.3 Å². The second-order valence-corrected chi connectivity index (χ2v) is 8.76. The van der Waals surface area contributed by atoms with Crippen molar-refractivity contribution in [2.45, 2.75) is 6.61 Å². The van der Waals surface area contributed by atoms with Crippen LogP contribution in [0.5, 0.6) is 0 Å². The number of aromatic nitrogens is 3. The smallest absolute Gasteiger partial charge is 0.259 e. The van der Waals surface area contributed by atoms with Gasteiger partial charge >= 0.3 is 0 Å². The van der Waals surface area contributed by atoms with Gasteiger partial charge in [0.1, 0.15) is 10.7 Å². The Morgan fingerprint density at radius 2 is 1.93 bits per heavy atom. The van der Waals surface area contributed by atoms with Crippen LogP contribution in [-0.4, -0.2) is 19.6 Å². The molecule has 2 aromatic carbocycles. The van der Waals surface area contributed by atoms with Crippen LogP contribution in [0.2, 0.25) is 10.0 Å². The highest BCUT2D eigenvalue weighted by molar-refractivity contribution is 7.09. The molecular formula is C22H15Cl2N3O2S. The molecule has 2 N–H and O–H groups in total. The van der Waals surface area contributed by atoms with Gasteiger partial charge in [0.25, 0.3) is 5.56 Å². The van der Waals surface area contributed by atoms with Crippen LogP contribution >= 0.6 is 34.5 Å². The summed E-state index contributed by atoms with van der Waals surface area (Å²) in [6.45, 7) is -0.0761. The van der Waals surface area contributed by atoms with E-state index in [1.54, 1.807) is 29.8 Å². The largest absolute Gasteiger partial charge is 0.389 e. The summed E-state index contributed by atoms with van der Waals surface area (Å²) in [6, 6.07) is 13.0. The third kappa shape index (κ3) is 3.04. The lowest BCUT2D eigenvalue weighted by Gasteiger charge is -2.08. The first-order valence-electron chi connectivity index (χ1n) is 9.13. The van der Waals surface area contributed by atoms with E-state index in [-0.39, 0.29) is 12.2 Å². The Hall–Kier alpha value is -2.64. The van der Waals surface area contributed by atoms with Crippen molar-refractivity contribution in [3.8, 4) is 22.4 Å². The molecule has 3 heterocycles. The Morgan fingerprint density at radius 1 is 1.10 bits per heavy atom. The minimum Gasteiger partial charge on any atom is -0.389 e. The zero-order valence-corrected chi connectivity index (χ0v) is 18.1. The van der Waals surface area contributed by atoms with Gasteiger partial charge in [0.05, 0.1) is 17.3 Å². The lowest BCUT2D eigenvalue weighted by Crippen LogP contribution is -2.19. The first-order valence-corrected chi connectivity index (χ1v) is 10.8. The van der Waals surface area contributed by atoms with Gasteiger partial charge in [0.2, 0.25) is 0 Å². The number of nitrogens with zero attached hydrogens (tertiary/aromatic N) is 2. The quantitative estimate of drug-likeness (QED) is 0.371. The van der Waals surface area contributed by atoms with Crippen LogP contribution in [0.4, 0.5) is 0 Å². The number of aliphatic hydroxyl groups is 1. The van der Waals surface area contributed by atoms with Gasteiger partial charge in [0, 0.05) is 50.4 Å². The molecule has 0 bridgehead atoms. The number of pyridine rings is 1. The molecule has 150 valence electrons. The Bertz CT molecular complexity index is 1500. The number of benzene rings is 2. The zero-order chi connectivity index (χ0) is 21.0. The Kier molecular flexibility index (Phi) is 4.67. The normalized spacial score (nSPS) is 11.6. The summed E-state index contributed by atoms with van der Waals surface area (Å²) in [5.74, 6) is 0. The standard InChI is InChI=1S/C22H15Cl2N3O2S/c1-27-21-15(8-16(22(27)29)13-4-3-12(23)7-17(13)24)14-6-11(2-5-18(14)26-21)19-10-30-20(9-28)25-19/h2-8,10,26,28H,9H2,1H3. The van der Waals surface area contributed by atoms with Crippen molar-refractivity contribution in [1.29, 1.82) is 0 Å². The molecule has 0 unspecified atom stereocenters. The minimum atomic E-state index is -0.148. The topological polar surface area (TPSA) is 70.9 Å². The first kappa shape index (κ1) is 19.3. The van der Waals surface area contributed by atoms with E-state index in [2.05, 4.69) is 9.97 Å². The fourth-order valence-electron chi connectivity index (χ4n) is 3.67. The van der Waals surface area contributed by atoms with Crippen LogP contribution in [0.1, 0.15) is 5.01 Å². The van der Waals surface area contributed by atoms with Crippen molar-refractivity contribution in [1.82, 2.24) is 14.5 Å². The Balaban J connectivity index is 1.78. The summed E-state index contributed by atoms with van der Waals surface area (Å²) >= 11 is 13.8. The predicted octanol–water partition coefficient (Wildman–Crippen LogP) is 5.61. The van der Waals surface area contributed by atoms with E-state index in [0.29, 0.717) is 26.2 Å². The number of thiazole rings is 1. The summed E-state index contributed by atoms with van der Waals surface area (Å²) in [5, 5.41) is 14.7. The molecule has 0 spiro atoms. The van der Waals surface area contributed by atoms with Crippen molar-refractivity contribution in [3.05, 3.63) is 73.3 Å². The molecule has 5 aromatic rings. The molecule has 5 rings (SSSR count). The molecule has 8 heteroatoms. The Labute approximate surface area is 185 Å². The van der Waals surface area contributed by atoms with E-state index in [1.165, 1.54) is 11.3 Å². The summed E-state index contributed by atoms with van der Waals surface area (Å²) in [5.41, 5.74) is 4.40. The van der Waals surface area contributed by atoms with E-state index < -0.39 is 0 Å². The highest BCUT2D eigenvalue weighted by atomic mass is 35.5. The Morgan fingerprint density at radius 3 is 2.67 bits per heavy atom. The van der Waals surface area contributed by atoms with Gasteiger partial charge in [-0.15, -0.1) is 11.3 Å². The van der Waals surface area contributed by atoms with E-state index in [1.807, 2.05) is 29.6 Å². The zero-order valence-electron chi connectivity index (χ0n) is 15.7. The molecule has 0 aliphatic rings. The van der Waals surface area contributed by atoms with Crippen molar-refractivity contribution in [3.63, 3.8) is 0 Å². The molecule has 30 heavy (non-hydrogen) atoms. The number of fused-ring (bicyclic) bond motifs is 3. The molecule has 3 aromatic heterocycles. The van der Waals surface area contributed by atoms with Gasteiger partial charge in [-0.2, -0.15) is 0 Å². The monoisotopic (exact) mass is 455 g/mol. The van der Waals surface area contributed by atoms with Gasteiger partial charge in [-0.1, -0.05) is 35.3 Å². The molecule has 0 aliphatic heterocycles. The van der Waals surface area contributed by atoms with Crippen molar-refractivity contribution >= 4 is 56.5 Å². The second kappa shape index (κ2) is 7.25. The summed E-state index contributed by atoms with van der Waals surface area (Å²) in [4.78, 5) is 20.8. The average molecular weight is 456 g/mol. The van der Waals surface area contributed by atoms with Crippen LogP contribution in [0.15, 0.2) is 52.6 Å². The highest BCUT2D eigenvalue weighted by Gasteiger charge is 2.16. The van der Waals surface area contributed by atoms with E-state index >= 15 is 0 Å². The second-order valence-electron chi connectivity index (χ2n) is 6.98. The summed E-state index contributed by atoms with van der Waals surface area (Å²) < 4.78 is 1.60. The molecule has 0 radical (unpaired) electrons. The number of H-pyrrole nitrogens is 1. The highest BCUT2D eigenvalue weighted by Crippen LogP contribution is 2.34. The van der Waals surface area contributed by atoms with E-state index in [4.69, 9.17) is 23.2 Å². The lowest BCUT2D eigenvalue weighted by atomic mass is 10.0. The molecule has 0 amide bonds. The fourth-order valence-corrected chi connectivity index (χ4v) is 4.85. The number of aliphatic hydroxyl groups excluding tert-OH is 1. The molecule has 0 aliphatic carbocycles. The fraction of sp³-hybridized carbons (Fsp3) is 0.0909. The number of nitrogens with one attached hydrogen (secondary N) is 1. The average Bonchev–Trinajstić information content (AvgIpc) is 3.35. The van der Waals surface area contributed by atoms with Crippen LogP contribution < -0.4 is 5.56 Å². The third-order valence-corrected chi connectivity index (χ3v) is 6.56. The van der Waals surface area contributed by atoms with Gasteiger partial charge < -0.3 is 10.1 Å². The van der Waals surface area contributed by atoms with Crippen molar-refractivity contribution in [2.24, 2.45) is 7.05 Å². The summed E-state index contributed by atoms with van der Waals surface area (Å²) in [6.07, 6.45) is 0. The van der Waals surface area contributed by atoms with Crippen LogP contribution in [0.25, 0.3) is 44.3 Å². The van der Waals surface area contributed by atoms with Crippen LogP contribution in [0, 0.1) is 0 Å². The number of halogens is 2. The first-order chi connectivity index (χ1) is 14.5. The summed E-state index contributed by atoms with van der Waals surface area (Å²) in [7, 11) is 1.74. The SMILES string of the molecule is Cn1c(=O)c(-c2ccc(Cl)cc2Cl)cc2c3cc(-c4csc(CO)n4)ccc3[nH]c21. The van der Waals surface area contributed by atoms with E-state index in [0.717, 1.165) is 33.2 Å². The maximum Gasteiger partial charge on any atom is 0.259 e. The maximum atomic E-state index is 13.0. The van der Waals surface area contributed by atoms with Crippen molar-refractivity contribution in [2.75, 3.05) is 0 Å². The molecule has 0 saturated heterocycles. The van der Waals surface area contributed by atoms with E-state index in [9.17, 15) is 9.90 Å². The number of aryl methyl sites for hydroxylation is 1. The number of rotatable bonds is 3. The molecular weight excluding hydrogens is 441 g/mol. The molecule has 5 nitrogen and oxygen atoms in total. The van der Waals surface area contributed by atoms with Gasteiger partial charge in [-0.3, -0.25) is 9.36 Å². The van der Waals surface area contributed by atoms with Crippen LogP contribution in [0.3, 0.4) is 0 Å². The van der Waals surface area contributed by atoms with Gasteiger partial charge in [0.15, 0.2) is 0 Å². The maximum absolute atomic E-state index is 13.0. The number of hydrogen-bond acceptors (Lipinski definition) is 4. The number of hydrogen-bond donors (Lipinski definition) is 2. The molecule has 0 atom stereocenters. The van der Waals surface area contributed by atoms with Crippen molar-refractivity contribution < 1.29 is 5.11 Å². The predicted molar refractivity (Wildman–Crippen MR) is 124 cm³/mol. The molecule has 0 saturated carbocycles. The minimum absolute atomic E-state index is 0.0761. The number of aromatic amines is 1. The van der Waals surface area contributed by atoms with Gasteiger partial charge in [-0.25, -0.2) is 4.98 Å². The third-order valence-electron chi connectivity index (χ3n) is 5.18.